The minimum Gasteiger partial charge on any atom is -0.344 e. The molecule has 0 aliphatic heterocycles. The molecule has 0 unspecified atom stereocenters. The maximum Gasteiger partial charge on any atom is 0.226 e. The van der Waals surface area contributed by atoms with E-state index in [0.29, 0.717) is 11.6 Å². The van der Waals surface area contributed by atoms with Crippen LogP contribution in [0.1, 0.15) is 24.2 Å². The second kappa shape index (κ2) is 3.85. The highest BCUT2D eigenvalue weighted by Crippen LogP contribution is 2.30. The van der Waals surface area contributed by atoms with Crippen molar-refractivity contribution in [3.8, 4) is 6.07 Å². The maximum absolute atomic E-state index is 8.80. The average molecular weight is 202 g/mol. The third-order valence-corrected chi connectivity index (χ3v) is 2.53. The maximum atomic E-state index is 8.80. The Morgan fingerprint density at radius 1 is 1.53 bits per heavy atom. The van der Waals surface area contributed by atoms with Gasteiger partial charge in [-0.05, 0) is 31.7 Å². The first-order chi connectivity index (χ1) is 7.19. The van der Waals surface area contributed by atoms with E-state index >= 15 is 0 Å². The zero-order chi connectivity index (χ0) is 10.8. The zero-order valence-electron chi connectivity index (χ0n) is 9.06. The molecule has 0 N–H and O–H groups in total. The highest BCUT2D eigenvalue weighted by atomic mass is 15.2. The fourth-order valence-corrected chi connectivity index (χ4v) is 1.55. The summed E-state index contributed by atoms with van der Waals surface area (Å²) in [6.45, 7) is 2.88. The molecule has 0 radical (unpaired) electrons. The number of nitriles is 1. The predicted octanol–water partition coefficient (Wildman–Crippen LogP) is 1.50. The lowest BCUT2D eigenvalue weighted by molar-refractivity contribution is 0.761. The quantitative estimate of drug-likeness (QED) is 0.745. The molecule has 1 aliphatic rings. The number of anilines is 1. The molecule has 4 heteroatoms. The molecule has 0 bridgehead atoms. The van der Waals surface area contributed by atoms with Crippen molar-refractivity contribution in [3.63, 3.8) is 0 Å². The second-order valence-electron chi connectivity index (χ2n) is 4.13. The van der Waals surface area contributed by atoms with Gasteiger partial charge in [0.25, 0.3) is 0 Å². The van der Waals surface area contributed by atoms with Gasteiger partial charge in [-0.3, -0.25) is 0 Å². The number of nitrogens with zero attached hydrogens (tertiary/aromatic N) is 4. The topological polar surface area (TPSA) is 52.8 Å². The summed E-state index contributed by atoms with van der Waals surface area (Å²) < 4.78 is 0. The van der Waals surface area contributed by atoms with Crippen LogP contribution in [0.2, 0.25) is 0 Å². The van der Waals surface area contributed by atoms with Gasteiger partial charge in [0.05, 0.1) is 0 Å². The van der Waals surface area contributed by atoms with Crippen LogP contribution in [0.3, 0.4) is 0 Å². The molecular formula is C11H14N4. The molecule has 0 spiro atoms. The number of hydrogen-bond acceptors (Lipinski definition) is 4. The standard InChI is InChI=1S/C11H14N4/c1-8-5-10(6-12)14-11(13-8)15(2)7-9-3-4-9/h5,9H,3-4,7H2,1-2H3. The Hall–Kier alpha value is -1.63. The van der Waals surface area contributed by atoms with E-state index in [2.05, 4.69) is 16.0 Å². The molecule has 78 valence electrons. The molecule has 15 heavy (non-hydrogen) atoms. The molecule has 1 aliphatic carbocycles. The molecule has 4 nitrogen and oxygen atoms in total. The van der Waals surface area contributed by atoms with E-state index in [9.17, 15) is 0 Å². The minimum atomic E-state index is 0.445. The van der Waals surface area contributed by atoms with Crippen LogP contribution in [0.4, 0.5) is 5.95 Å². The second-order valence-corrected chi connectivity index (χ2v) is 4.13. The highest BCUT2D eigenvalue weighted by molar-refractivity contribution is 5.35. The van der Waals surface area contributed by atoms with Crippen molar-refractivity contribution in [1.29, 1.82) is 5.26 Å². The monoisotopic (exact) mass is 202 g/mol. The van der Waals surface area contributed by atoms with Crippen molar-refractivity contribution in [2.24, 2.45) is 5.92 Å². The van der Waals surface area contributed by atoms with Gasteiger partial charge in [0, 0.05) is 19.3 Å². The van der Waals surface area contributed by atoms with Crippen LogP contribution < -0.4 is 4.90 Å². The summed E-state index contributed by atoms with van der Waals surface area (Å²) in [5.41, 5.74) is 1.29. The summed E-state index contributed by atoms with van der Waals surface area (Å²) in [7, 11) is 1.98. The van der Waals surface area contributed by atoms with Gasteiger partial charge in [-0.1, -0.05) is 0 Å². The lowest BCUT2D eigenvalue weighted by Crippen LogP contribution is -2.22. The molecule has 1 saturated carbocycles. The molecule has 1 aromatic rings. The molecule has 0 amide bonds. The zero-order valence-corrected chi connectivity index (χ0v) is 9.06. The average Bonchev–Trinajstić information content (AvgIpc) is 3.00. The minimum absolute atomic E-state index is 0.445. The van der Waals surface area contributed by atoms with Crippen molar-refractivity contribution in [2.75, 3.05) is 18.5 Å². The first-order valence-corrected chi connectivity index (χ1v) is 5.16. The van der Waals surface area contributed by atoms with E-state index < -0.39 is 0 Å². The van der Waals surface area contributed by atoms with Gasteiger partial charge in [-0.25, -0.2) is 9.97 Å². The summed E-state index contributed by atoms with van der Waals surface area (Å²) >= 11 is 0. The summed E-state index contributed by atoms with van der Waals surface area (Å²) in [6, 6.07) is 3.76. The third kappa shape index (κ3) is 2.44. The molecule has 1 fully saturated rings. The van der Waals surface area contributed by atoms with Crippen LogP contribution in [-0.4, -0.2) is 23.6 Å². The van der Waals surface area contributed by atoms with Gasteiger partial charge < -0.3 is 4.90 Å². The number of rotatable bonds is 3. The van der Waals surface area contributed by atoms with E-state index in [-0.39, 0.29) is 0 Å². The smallest absolute Gasteiger partial charge is 0.226 e. The first kappa shape index (κ1) is 9.91. The van der Waals surface area contributed by atoms with Crippen LogP contribution in [-0.2, 0) is 0 Å². The lowest BCUT2D eigenvalue weighted by Gasteiger charge is -2.16. The van der Waals surface area contributed by atoms with Crippen molar-refractivity contribution < 1.29 is 0 Å². The van der Waals surface area contributed by atoms with Crippen LogP contribution in [0, 0.1) is 24.2 Å². The van der Waals surface area contributed by atoms with Gasteiger partial charge in [-0.15, -0.1) is 0 Å². The normalized spacial score (nSPS) is 14.7. The summed E-state index contributed by atoms with van der Waals surface area (Å²) in [4.78, 5) is 10.5. The van der Waals surface area contributed by atoms with Gasteiger partial charge >= 0.3 is 0 Å². The SMILES string of the molecule is Cc1cc(C#N)nc(N(C)CC2CC2)n1. The number of aromatic nitrogens is 2. The van der Waals surface area contributed by atoms with Crippen molar-refractivity contribution in [1.82, 2.24) is 9.97 Å². The Bertz CT molecular complexity index is 404. The fraction of sp³-hybridized carbons (Fsp3) is 0.545. The van der Waals surface area contributed by atoms with Crippen molar-refractivity contribution >= 4 is 5.95 Å². The Kier molecular flexibility index (Phi) is 2.55. The van der Waals surface area contributed by atoms with Crippen LogP contribution in [0.15, 0.2) is 6.07 Å². The largest absolute Gasteiger partial charge is 0.344 e. The molecule has 0 atom stereocenters. The molecular weight excluding hydrogens is 188 g/mol. The first-order valence-electron chi connectivity index (χ1n) is 5.16. The Labute approximate surface area is 89.6 Å². The van der Waals surface area contributed by atoms with E-state index in [0.717, 1.165) is 18.2 Å². The van der Waals surface area contributed by atoms with Gasteiger partial charge in [0.2, 0.25) is 5.95 Å². The molecule has 0 saturated heterocycles. The van der Waals surface area contributed by atoms with Crippen molar-refractivity contribution in [3.05, 3.63) is 17.5 Å². The Morgan fingerprint density at radius 3 is 2.87 bits per heavy atom. The third-order valence-electron chi connectivity index (χ3n) is 2.53. The van der Waals surface area contributed by atoms with E-state index in [1.807, 2.05) is 18.9 Å². The van der Waals surface area contributed by atoms with Crippen LogP contribution in [0.5, 0.6) is 0 Å². The van der Waals surface area contributed by atoms with E-state index in [4.69, 9.17) is 5.26 Å². The lowest BCUT2D eigenvalue weighted by atomic mass is 10.3. The summed E-state index contributed by atoms with van der Waals surface area (Å²) in [5, 5.41) is 8.80. The van der Waals surface area contributed by atoms with Crippen LogP contribution in [0.25, 0.3) is 0 Å². The van der Waals surface area contributed by atoms with Gasteiger partial charge in [-0.2, -0.15) is 5.26 Å². The molecule has 1 heterocycles. The van der Waals surface area contributed by atoms with Gasteiger partial charge in [0.1, 0.15) is 11.8 Å². The summed E-state index contributed by atoms with van der Waals surface area (Å²) in [5.74, 6) is 1.46. The Morgan fingerprint density at radius 2 is 2.27 bits per heavy atom. The summed E-state index contributed by atoms with van der Waals surface area (Å²) in [6.07, 6.45) is 2.61. The Balaban J connectivity index is 2.18. The number of aryl methyl sites for hydroxylation is 1. The van der Waals surface area contributed by atoms with E-state index in [1.54, 1.807) is 6.07 Å². The molecule has 2 rings (SSSR count). The van der Waals surface area contributed by atoms with Crippen molar-refractivity contribution in [2.45, 2.75) is 19.8 Å². The fourth-order valence-electron chi connectivity index (χ4n) is 1.55. The van der Waals surface area contributed by atoms with Gasteiger partial charge in [0.15, 0.2) is 0 Å². The van der Waals surface area contributed by atoms with Crippen LogP contribution >= 0.6 is 0 Å². The van der Waals surface area contributed by atoms with E-state index in [1.165, 1.54) is 12.8 Å². The molecule has 1 aromatic heterocycles. The highest BCUT2D eigenvalue weighted by Gasteiger charge is 2.23. The number of hydrogen-bond donors (Lipinski definition) is 0. The predicted molar refractivity (Wildman–Crippen MR) is 57.5 cm³/mol. The molecule has 0 aromatic carbocycles.